The molecule has 1 N–H and O–H groups in total. The fourth-order valence-corrected chi connectivity index (χ4v) is 4.94. The molecule has 0 aliphatic rings. The third-order valence-corrected chi connectivity index (χ3v) is 7.78. The Morgan fingerprint density at radius 1 is 1.13 bits per heavy atom. The van der Waals surface area contributed by atoms with Crippen molar-refractivity contribution in [2.45, 2.75) is 57.5 Å². The molecule has 0 spiro atoms. The molecule has 2 aromatic heterocycles. The van der Waals surface area contributed by atoms with Gasteiger partial charge in [-0.3, -0.25) is 4.90 Å². The Kier molecular flexibility index (Phi) is 8.87. The maximum atomic E-state index is 14.7. The molecule has 0 aliphatic carbocycles. The molecule has 0 saturated heterocycles. The molecule has 0 unspecified atom stereocenters. The van der Waals surface area contributed by atoms with Gasteiger partial charge in [0.15, 0.2) is 10.8 Å². The molecule has 2 heterocycles. The summed E-state index contributed by atoms with van der Waals surface area (Å²) in [5.41, 5.74) is 1.54. The summed E-state index contributed by atoms with van der Waals surface area (Å²) in [5, 5.41) is 3.64. The maximum absolute atomic E-state index is 14.7. The van der Waals surface area contributed by atoms with Crippen molar-refractivity contribution in [3.05, 3.63) is 64.4 Å². The third-order valence-electron chi connectivity index (χ3n) is 5.78. The van der Waals surface area contributed by atoms with E-state index >= 15 is 0 Å². The summed E-state index contributed by atoms with van der Waals surface area (Å²) in [4.78, 5) is 21.6. The zero-order valence-electron chi connectivity index (χ0n) is 21.7. The molecular formula is C24H27F4N5O4S2. The Labute approximate surface area is 227 Å². The van der Waals surface area contributed by atoms with Gasteiger partial charge in [0.05, 0.1) is 11.4 Å². The minimum absolute atomic E-state index is 0.0583. The lowest BCUT2D eigenvalue weighted by atomic mass is 10.0. The zero-order chi connectivity index (χ0) is 29.2. The third kappa shape index (κ3) is 7.22. The van der Waals surface area contributed by atoms with Gasteiger partial charge in [-0.25, -0.2) is 14.2 Å². The van der Waals surface area contributed by atoms with Crippen LogP contribution in [0.3, 0.4) is 0 Å². The summed E-state index contributed by atoms with van der Waals surface area (Å²) in [6.45, 7) is 8.11. The lowest BCUT2D eigenvalue weighted by molar-refractivity contribution is -0.199. The van der Waals surface area contributed by atoms with Crippen molar-refractivity contribution in [1.29, 1.82) is 0 Å². The summed E-state index contributed by atoms with van der Waals surface area (Å²) in [5.74, 6) is -3.71. The Morgan fingerprint density at radius 3 is 2.38 bits per heavy atom. The van der Waals surface area contributed by atoms with Crippen molar-refractivity contribution < 1.29 is 35.6 Å². The quantitative estimate of drug-likeness (QED) is 0.273. The second-order valence-corrected chi connectivity index (χ2v) is 11.9. The van der Waals surface area contributed by atoms with E-state index in [-0.39, 0.29) is 22.2 Å². The van der Waals surface area contributed by atoms with Crippen LogP contribution in [0.25, 0.3) is 0 Å². The number of hydrogen-bond acceptors (Lipinski definition) is 9. The van der Waals surface area contributed by atoms with Crippen LogP contribution in [-0.2, 0) is 32.7 Å². The molecule has 212 valence electrons. The van der Waals surface area contributed by atoms with Crippen LogP contribution in [0, 0.1) is 12.7 Å². The lowest BCUT2D eigenvalue weighted by Gasteiger charge is -2.32. The van der Waals surface area contributed by atoms with Gasteiger partial charge in [-0.1, -0.05) is 16.6 Å². The largest absolute Gasteiger partial charge is 0.493 e. The minimum atomic E-state index is -5.45. The Morgan fingerprint density at radius 2 is 1.82 bits per heavy atom. The fourth-order valence-electron chi connectivity index (χ4n) is 3.23. The maximum Gasteiger partial charge on any atom is 0.493 e. The molecule has 15 heteroatoms. The van der Waals surface area contributed by atoms with Gasteiger partial charge in [-0.15, -0.1) is 0 Å². The van der Waals surface area contributed by atoms with E-state index in [1.54, 1.807) is 6.07 Å². The predicted molar refractivity (Wildman–Crippen MR) is 138 cm³/mol. The van der Waals surface area contributed by atoms with Crippen LogP contribution in [0.15, 0.2) is 46.8 Å². The average molecular weight is 590 g/mol. The molecule has 0 bridgehead atoms. The number of carbonyl (C=O) groups is 1. The second-order valence-electron chi connectivity index (χ2n) is 9.51. The number of aryl methyl sites for hydroxylation is 1. The van der Waals surface area contributed by atoms with E-state index in [2.05, 4.69) is 24.4 Å². The van der Waals surface area contributed by atoms with Crippen LogP contribution in [0.4, 0.5) is 29.1 Å². The van der Waals surface area contributed by atoms with Crippen LogP contribution in [-0.4, -0.2) is 47.4 Å². The molecule has 39 heavy (non-hydrogen) atoms. The van der Waals surface area contributed by atoms with Crippen LogP contribution in [0.1, 0.15) is 37.6 Å². The van der Waals surface area contributed by atoms with E-state index in [1.807, 2.05) is 33.9 Å². The van der Waals surface area contributed by atoms with Crippen molar-refractivity contribution in [3.8, 4) is 0 Å². The Bertz CT molecular complexity index is 1430. The first-order chi connectivity index (χ1) is 18.0. The molecule has 9 nitrogen and oxygen atoms in total. The number of nitrogens with one attached hydrogen (secondary N) is 1. The molecule has 0 saturated carbocycles. The number of benzene rings is 1. The van der Waals surface area contributed by atoms with Gasteiger partial charge in [0.2, 0.25) is 0 Å². The number of nitrogens with zero attached hydrogens (tertiary/aromatic N) is 4. The summed E-state index contributed by atoms with van der Waals surface area (Å²) in [6, 6.07) is 8.21. The van der Waals surface area contributed by atoms with Gasteiger partial charge in [-0.2, -0.15) is 26.0 Å². The number of rotatable bonds is 9. The normalized spacial score (nSPS) is 12.5. The van der Waals surface area contributed by atoms with E-state index < -0.39 is 38.8 Å². The highest BCUT2D eigenvalue weighted by Crippen LogP contribution is 2.28. The molecule has 3 rings (SSSR count). The molecule has 0 aliphatic heterocycles. The van der Waals surface area contributed by atoms with Crippen LogP contribution < -0.4 is 9.79 Å². The van der Waals surface area contributed by atoms with Crippen molar-refractivity contribution in [1.82, 2.24) is 14.3 Å². The summed E-state index contributed by atoms with van der Waals surface area (Å²) in [6.07, 6.45) is -5.45. The fraction of sp³-hybridized carbons (Fsp3) is 0.375. The zero-order valence-corrected chi connectivity index (χ0v) is 23.3. The van der Waals surface area contributed by atoms with Gasteiger partial charge >= 0.3 is 22.2 Å². The summed E-state index contributed by atoms with van der Waals surface area (Å²) < 4.78 is 82.8. The average Bonchev–Trinajstić information content (AvgIpc) is 3.35. The van der Waals surface area contributed by atoms with Gasteiger partial charge in [0.25, 0.3) is 0 Å². The molecule has 0 fully saturated rings. The standard InChI is InChI=1S/C24H27F4N5O4S2/c1-15-19(29-13-17-16(7-6-8-18(17)25)14-32(5)23(2,3)4)9-10-21(30-15)39(35,36)33(20-11-12-38-31-20)37-22(34)24(26,27)28/h6-12,29H,13-14H2,1-5H3. The molecule has 0 radical (unpaired) electrons. The minimum Gasteiger partial charge on any atom is -0.379 e. The SMILES string of the molecule is Cc1nc(S(=O)(=O)N(OC(=O)C(F)(F)F)c2ccsn2)ccc1NCc1c(F)cccc1CN(C)C(C)(C)C. The van der Waals surface area contributed by atoms with Crippen LogP contribution in [0.2, 0.25) is 0 Å². The highest BCUT2D eigenvalue weighted by molar-refractivity contribution is 7.92. The van der Waals surface area contributed by atoms with Gasteiger partial charge < -0.3 is 10.2 Å². The van der Waals surface area contributed by atoms with Gasteiger partial charge in [0.1, 0.15) is 5.82 Å². The number of alkyl halides is 3. The van der Waals surface area contributed by atoms with Crippen molar-refractivity contribution in [2.75, 3.05) is 16.8 Å². The first-order valence-corrected chi connectivity index (χ1v) is 13.7. The van der Waals surface area contributed by atoms with E-state index in [0.717, 1.165) is 29.2 Å². The Hall–Kier alpha value is -3.30. The monoisotopic (exact) mass is 589 g/mol. The van der Waals surface area contributed by atoms with Gasteiger partial charge in [0, 0.05) is 29.6 Å². The van der Waals surface area contributed by atoms with Crippen molar-refractivity contribution >= 4 is 39.0 Å². The molecule has 3 aromatic rings. The highest BCUT2D eigenvalue weighted by atomic mass is 32.2. The predicted octanol–water partition coefficient (Wildman–Crippen LogP) is 5.04. The summed E-state index contributed by atoms with van der Waals surface area (Å²) in [7, 11) is -2.97. The lowest BCUT2D eigenvalue weighted by Crippen LogP contribution is -2.39. The number of halogens is 4. The number of hydrogen-bond donors (Lipinski definition) is 1. The smallest absolute Gasteiger partial charge is 0.379 e. The van der Waals surface area contributed by atoms with E-state index in [4.69, 9.17) is 0 Å². The number of pyridine rings is 1. The van der Waals surface area contributed by atoms with Crippen molar-refractivity contribution in [3.63, 3.8) is 0 Å². The number of anilines is 2. The summed E-state index contributed by atoms with van der Waals surface area (Å²) >= 11 is 0.738. The number of sulfonamides is 1. The number of carbonyl (C=O) groups excluding carboxylic acids is 1. The molecule has 1 aromatic carbocycles. The molecular weight excluding hydrogens is 562 g/mol. The number of aromatic nitrogens is 2. The van der Waals surface area contributed by atoms with Crippen molar-refractivity contribution in [2.24, 2.45) is 0 Å². The first-order valence-electron chi connectivity index (χ1n) is 11.5. The van der Waals surface area contributed by atoms with Gasteiger partial charge in [-0.05, 0) is 76.1 Å². The van der Waals surface area contributed by atoms with E-state index in [1.165, 1.54) is 24.4 Å². The van der Waals surface area contributed by atoms with Crippen LogP contribution in [0.5, 0.6) is 0 Å². The topological polar surface area (TPSA) is 105 Å². The van der Waals surface area contributed by atoms with Crippen LogP contribution >= 0.6 is 11.5 Å². The van der Waals surface area contributed by atoms with E-state index in [0.29, 0.717) is 17.8 Å². The van der Waals surface area contributed by atoms with E-state index in [9.17, 15) is 30.8 Å². The Balaban J connectivity index is 1.86. The highest BCUT2D eigenvalue weighted by Gasteiger charge is 2.45. The second kappa shape index (κ2) is 11.4. The molecule has 0 atom stereocenters. The molecule has 0 amide bonds. The first kappa shape index (κ1) is 30.2.